The van der Waals surface area contributed by atoms with E-state index in [2.05, 4.69) is 52.6 Å². The van der Waals surface area contributed by atoms with Gasteiger partial charge in [0.05, 0.1) is 5.69 Å². The first kappa shape index (κ1) is 13.1. The van der Waals surface area contributed by atoms with E-state index in [1.165, 1.54) is 0 Å². The van der Waals surface area contributed by atoms with Gasteiger partial charge in [0.25, 0.3) is 0 Å². The lowest BCUT2D eigenvalue weighted by Crippen LogP contribution is -2.11. The van der Waals surface area contributed by atoms with E-state index >= 15 is 0 Å². The number of nitrogens with two attached hydrogens (primary N) is 2. The molecule has 18 heavy (non-hydrogen) atoms. The lowest BCUT2D eigenvalue weighted by Gasteiger charge is -2.11. The molecule has 0 saturated heterocycles. The van der Waals surface area contributed by atoms with Gasteiger partial charge in [-0.15, -0.1) is 0 Å². The summed E-state index contributed by atoms with van der Waals surface area (Å²) in [5, 5.41) is 3.14. The molecule has 0 radical (unpaired) electrons. The Balaban J connectivity index is 2.37. The van der Waals surface area contributed by atoms with Crippen LogP contribution in [0.4, 0.5) is 23.3 Å². The minimum Gasteiger partial charge on any atom is -0.368 e. The number of rotatable bonds is 3. The number of aromatic nitrogens is 2. The summed E-state index contributed by atoms with van der Waals surface area (Å²) >= 11 is 6.90. The van der Waals surface area contributed by atoms with Crippen molar-refractivity contribution in [1.82, 2.24) is 9.97 Å². The summed E-state index contributed by atoms with van der Waals surface area (Å²) in [7, 11) is 0. The number of hydrogen-bond donors (Lipinski definition) is 4. The molecule has 6 N–H and O–H groups in total. The smallest absolute Gasteiger partial charge is 0.223 e. The number of nitrogens with zero attached hydrogens (tertiary/aromatic N) is 2. The number of hydrazine groups is 1. The second-order valence-electron chi connectivity index (χ2n) is 3.36. The molecule has 8 heteroatoms. The molecule has 0 aliphatic heterocycles. The summed E-state index contributed by atoms with van der Waals surface area (Å²) in [5.74, 6) is 6.42. The Morgan fingerprint density at radius 3 is 2.28 bits per heavy atom. The van der Waals surface area contributed by atoms with Gasteiger partial charge in [-0.1, -0.05) is 6.07 Å². The van der Waals surface area contributed by atoms with Crippen molar-refractivity contribution >= 4 is 55.1 Å². The lowest BCUT2D eigenvalue weighted by atomic mass is 10.3. The van der Waals surface area contributed by atoms with Crippen LogP contribution in [0.25, 0.3) is 0 Å². The Morgan fingerprint density at radius 2 is 1.67 bits per heavy atom. The highest BCUT2D eigenvalue weighted by molar-refractivity contribution is 9.11. The molecule has 6 nitrogen and oxygen atoms in total. The Kier molecular flexibility index (Phi) is 4.00. The number of nitrogen functional groups attached to an aromatic ring is 2. The number of para-hydroxylation sites is 1. The molecule has 0 aliphatic carbocycles. The second-order valence-corrected chi connectivity index (χ2v) is 5.07. The maximum absolute atomic E-state index is 5.58. The molecule has 0 amide bonds. The zero-order valence-corrected chi connectivity index (χ0v) is 12.3. The van der Waals surface area contributed by atoms with Crippen molar-refractivity contribution in [3.63, 3.8) is 0 Å². The van der Waals surface area contributed by atoms with Crippen molar-refractivity contribution in [1.29, 1.82) is 0 Å². The molecular weight excluding hydrogens is 364 g/mol. The zero-order chi connectivity index (χ0) is 13.1. The normalized spacial score (nSPS) is 10.2. The molecule has 1 heterocycles. The first-order chi connectivity index (χ1) is 8.60. The summed E-state index contributed by atoms with van der Waals surface area (Å²) in [6.45, 7) is 0. The molecule has 2 aromatic rings. The van der Waals surface area contributed by atoms with Crippen LogP contribution >= 0.6 is 31.9 Å². The van der Waals surface area contributed by atoms with Gasteiger partial charge < -0.3 is 16.5 Å². The van der Waals surface area contributed by atoms with E-state index in [-0.39, 0.29) is 5.95 Å². The molecule has 0 bridgehead atoms. The summed E-state index contributed by atoms with van der Waals surface area (Å²) in [5.41, 5.74) is 8.86. The fraction of sp³-hybridized carbons (Fsp3) is 0. The van der Waals surface area contributed by atoms with Gasteiger partial charge >= 0.3 is 0 Å². The van der Waals surface area contributed by atoms with Crippen molar-refractivity contribution in [3.05, 3.63) is 33.2 Å². The maximum atomic E-state index is 5.58. The predicted molar refractivity (Wildman–Crippen MR) is 79.4 cm³/mol. The molecule has 0 fully saturated rings. The molecule has 0 unspecified atom stereocenters. The fourth-order valence-corrected chi connectivity index (χ4v) is 2.55. The average Bonchev–Trinajstić information content (AvgIpc) is 2.33. The van der Waals surface area contributed by atoms with Crippen molar-refractivity contribution in [2.45, 2.75) is 0 Å². The second kappa shape index (κ2) is 5.51. The number of benzene rings is 1. The number of halogens is 2. The molecule has 94 valence electrons. The number of nitrogens with one attached hydrogen (secondary N) is 2. The van der Waals surface area contributed by atoms with Gasteiger partial charge in [-0.3, -0.25) is 0 Å². The summed E-state index contributed by atoms with van der Waals surface area (Å²) in [4.78, 5) is 7.98. The van der Waals surface area contributed by atoms with Crippen LogP contribution in [0.3, 0.4) is 0 Å². The number of anilines is 4. The van der Waals surface area contributed by atoms with Crippen LogP contribution in [-0.2, 0) is 0 Å². The minimum absolute atomic E-state index is 0.135. The van der Waals surface area contributed by atoms with Gasteiger partial charge in [0.15, 0.2) is 0 Å². The fourth-order valence-electron chi connectivity index (χ4n) is 1.35. The third-order valence-electron chi connectivity index (χ3n) is 2.11. The van der Waals surface area contributed by atoms with Crippen molar-refractivity contribution in [2.24, 2.45) is 5.84 Å². The summed E-state index contributed by atoms with van der Waals surface area (Å²) in [6.07, 6.45) is 0. The van der Waals surface area contributed by atoms with E-state index in [4.69, 9.17) is 11.6 Å². The predicted octanol–water partition coefficient (Wildman–Crippen LogP) is 2.61. The highest BCUT2D eigenvalue weighted by Gasteiger charge is 2.07. The van der Waals surface area contributed by atoms with Gasteiger partial charge in [-0.2, -0.15) is 9.97 Å². The summed E-state index contributed by atoms with van der Waals surface area (Å²) < 4.78 is 1.80. The maximum Gasteiger partial charge on any atom is 0.223 e. The van der Waals surface area contributed by atoms with Crippen molar-refractivity contribution < 1.29 is 0 Å². The Hall–Kier alpha value is -1.38. The standard InChI is InChI=1S/C10H10Br2N6/c11-5-2-1-3-6(12)9(5)15-7-4-8(18-14)17-10(13)16-7/h1-4H,14H2,(H4,13,15,16,17,18). The third-order valence-corrected chi connectivity index (χ3v) is 3.43. The largest absolute Gasteiger partial charge is 0.368 e. The minimum atomic E-state index is 0.135. The first-order valence-electron chi connectivity index (χ1n) is 4.92. The van der Waals surface area contributed by atoms with Gasteiger partial charge in [0, 0.05) is 15.0 Å². The SMILES string of the molecule is NNc1cc(Nc2c(Br)cccc2Br)nc(N)n1. The molecule has 0 atom stereocenters. The molecule has 0 spiro atoms. The highest BCUT2D eigenvalue weighted by atomic mass is 79.9. The van der Waals surface area contributed by atoms with Crippen molar-refractivity contribution in [2.75, 3.05) is 16.5 Å². The van der Waals surface area contributed by atoms with Crippen LogP contribution in [-0.4, -0.2) is 9.97 Å². The van der Waals surface area contributed by atoms with Gasteiger partial charge in [-0.05, 0) is 44.0 Å². The van der Waals surface area contributed by atoms with Crippen LogP contribution in [0.15, 0.2) is 33.2 Å². The molecular formula is C10H10Br2N6. The van der Waals surface area contributed by atoms with Crippen LogP contribution in [0, 0.1) is 0 Å². The topological polar surface area (TPSA) is 102 Å². The zero-order valence-electron chi connectivity index (χ0n) is 9.11. The third kappa shape index (κ3) is 2.89. The number of hydrogen-bond acceptors (Lipinski definition) is 6. The molecule has 1 aromatic carbocycles. The van der Waals surface area contributed by atoms with E-state index in [0.29, 0.717) is 11.6 Å². The van der Waals surface area contributed by atoms with E-state index in [9.17, 15) is 0 Å². The lowest BCUT2D eigenvalue weighted by molar-refractivity contribution is 1.15. The molecule has 0 saturated carbocycles. The highest BCUT2D eigenvalue weighted by Crippen LogP contribution is 2.32. The monoisotopic (exact) mass is 372 g/mol. The molecule has 1 aromatic heterocycles. The first-order valence-corrected chi connectivity index (χ1v) is 6.51. The quantitative estimate of drug-likeness (QED) is 0.487. The van der Waals surface area contributed by atoms with Gasteiger partial charge in [-0.25, -0.2) is 5.84 Å². The van der Waals surface area contributed by atoms with Crippen LogP contribution in [0.1, 0.15) is 0 Å². The Bertz CT molecular complexity index is 554. The summed E-state index contributed by atoms with van der Waals surface area (Å²) in [6, 6.07) is 7.41. The van der Waals surface area contributed by atoms with E-state index in [1.807, 2.05) is 18.2 Å². The van der Waals surface area contributed by atoms with Crippen molar-refractivity contribution in [3.8, 4) is 0 Å². The Morgan fingerprint density at radius 1 is 1.06 bits per heavy atom. The molecule has 2 rings (SSSR count). The van der Waals surface area contributed by atoms with Crippen LogP contribution in [0.5, 0.6) is 0 Å². The van der Waals surface area contributed by atoms with Crippen LogP contribution in [0.2, 0.25) is 0 Å². The van der Waals surface area contributed by atoms with Gasteiger partial charge in [0.2, 0.25) is 5.95 Å². The van der Waals surface area contributed by atoms with Crippen LogP contribution < -0.4 is 22.3 Å². The Labute approximate surface area is 120 Å². The van der Waals surface area contributed by atoms with E-state index in [0.717, 1.165) is 14.6 Å². The van der Waals surface area contributed by atoms with Gasteiger partial charge in [0.1, 0.15) is 11.6 Å². The van der Waals surface area contributed by atoms with E-state index in [1.54, 1.807) is 6.07 Å². The average molecular weight is 374 g/mol. The molecule has 0 aliphatic rings. The van der Waals surface area contributed by atoms with E-state index < -0.39 is 0 Å².